The average Bonchev–Trinajstić information content (AvgIpc) is 3.11. The lowest BCUT2D eigenvalue weighted by Gasteiger charge is -2.32. The van der Waals surface area contributed by atoms with E-state index in [9.17, 15) is 4.79 Å². The van der Waals surface area contributed by atoms with Gasteiger partial charge in [-0.15, -0.1) is 0 Å². The van der Waals surface area contributed by atoms with Crippen molar-refractivity contribution in [3.8, 4) is 0 Å². The Bertz CT molecular complexity index is 548. The van der Waals surface area contributed by atoms with Crippen LogP contribution in [0.5, 0.6) is 0 Å². The van der Waals surface area contributed by atoms with Gasteiger partial charge in [-0.05, 0) is 31.1 Å². The summed E-state index contributed by atoms with van der Waals surface area (Å²) < 4.78 is 2.13. The van der Waals surface area contributed by atoms with Crippen molar-refractivity contribution in [3.63, 3.8) is 0 Å². The molecule has 0 aromatic carbocycles. The third kappa shape index (κ3) is 2.91. The minimum absolute atomic E-state index is 0.210. The van der Waals surface area contributed by atoms with Crippen LogP contribution in [0.1, 0.15) is 37.1 Å². The topological polar surface area (TPSA) is 50.2 Å². The van der Waals surface area contributed by atoms with Crippen LogP contribution in [-0.2, 0) is 24.4 Å². The smallest absolute Gasteiger partial charge is 0.223 e. The van der Waals surface area contributed by atoms with Crippen molar-refractivity contribution in [2.24, 2.45) is 5.92 Å². The lowest BCUT2D eigenvalue weighted by atomic mass is 9.85. The minimum atomic E-state index is 0.210. The van der Waals surface area contributed by atoms with Crippen LogP contribution in [-0.4, -0.2) is 44.7 Å². The van der Waals surface area contributed by atoms with Crippen LogP contribution in [0.3, 0.4) is 0 Å². The van der Waals surface area contributed by atoms with E-state index >= 15 is 0 Å². The first-order valence-electron chi connectivity index (χ1n) is 8.45. The highest BCUT2D eigenvalue weighted by Gasteiger charge is 2.28. The number of hydrogen-bond acceptors (Lipinski definition) is 4. The molecule has 22 heavy (non-hydrogen) atoms. The molecule has 6 heteroatoms. The molecule has 2 aliphatic heterocycles. The number of hydrogen-bond donors (Lipinski definition) is 1. The molecule has 1 aromatic heterocycles. The summed E-state index contributed by atoms with van der Waals surface area (Å²) in [6.45, 7) is 3.67. The number of amides is 1. The number of thioether (sulfide) groups is 1. The molecule has 1 saturated carbocycles. The molecule has 1 aromatic rings. The standard InChI is InChI=1S/C16H24N4OS/c21-16(12-2-1-3-12)17-9-13-8-15-10-19(5-6-20(15)18-13)14-4-7-22-11-14/h8,12,14H,1-7,9-11H2,(H,17,21)/t14-/m1/s1. The molecule has 3 aliphatic rings. The van der Waals surface area contributed by atoms with Crippen LogP contribution in [0.25, 0.3) is 0 Å². The summed E-state index contributed by atoms with van der Waals surface area (Å²) in [6, 6.07) is 2.92. The fourth-order valence-electron chi connectivity index (χ4n) is 3.55. The maximum absolute atomic E-state index is 11.9. The van der Waals surface area contributed by atoms with Crippen LogP contribution in [0.2, 0.25) is 0 Å². The number of carbonyl (C=O) groups is 1. The summed E-state index contributed by atoms with van der Waals surface area (Å²) in [4.78, 5) is 14.5. The summed E-state index contributed by atoms with van der Waals surface area (Å²) in [5.74, 6) is 3.05. The van der Waals surface area contributed by atoms with Crippen molar-refractivity contribution in [1.29, 1.82) is 0 Å². The Hall–Kier alpha value is -1.01. The molecule has 1 amide bonds. The van der Waals surface area contributed by atoms with Crippen LogP contribution in [0.4, 0.5) is 0 Å². The SMILES string of the molecule is O=C(NCc1cc2n(n1)CCN([C@@H]1CCSC1)C2)C1CCC1. The van der Waals surface area contributed by atoms with Crippen LogP contribution in [0.15, 0.2) is 6.07 Å². The first-order chi connectivity index (χ1) is 10.8. The zero-order valence-electron chi connectivity index (χ0n) is 13.0. The largest absolute Gasteiger partial charge is 0.350 e. The molecule has 1 saturated heterocycles. The number of nitrogens with zero attached hydrogens (tertiary/aromatic N) is 3. The zero-order chi connectivity index (χ0) is 14.9. The highest BCUT2D eigenvalue weighted by Crippen LogP contribution is 2.27. The molecule has 2 fully saturated rings. The Morgan fingerprint density at radius 3 is 3.00 bits per heavy atom. The Balaban J connectivity index is 1.35. The van der Waals surface area contributed by atoms with Crippen molar-refractivity contribution in [1.82, 2.24) is 20.0 Å². The van der Waals surface area contributed by atoms with Gasteiger partial charge in [0.05, 0.1) is 24.5 Å². The van der Waals surface area contributed by atoms with Gasteiger partial charge in [0.25, 0.3) is 0 Å². The molecule has 3 heterocycles. The van der Waals surface area contributed by atoms with Gasteiger partial charge in [-0.3, -0.25) is 14.4 Å². The number of aromatic nitrogens is 2. The first-order valence-corrected chi connectivity index (χ1v) is 9.60. The zero-order valence-corrected chi connectivity index (χ0v) is 13.8. The summed E-state index contributed by atoms with van der Waals surface area (Å²) in [5.41, 5.74) is 2.31. The van der Waals surface area contributed by atoms with Gasteiger partial charge >= 0.3 is 0 Å². The highest BCUT2D eigenvalue weighted by atomic mass is 32.2. The second-order valence-corrected chi connectivity index (χ2v) is 7.83. The van der Waals surface area contributed by atoms with Gasteiger partial charge in [0.15, 0.2) is 0 Å². The van der Waals surface area contributed by atoms with E-state index in [1.807, 2.05) is 0 Å². The molecule has 5 nitrogen and oxygen atoms in total. The van der Waals surface area contributed by atoms with E-state index in [0.717, 1.165) is 44.2 Å². The van der Waals surface area contributed by atoms with Gasteiger partial charge in [0.1, 0.15) is 0 Å². The van der Waals surface area contributed by atoms with E-state index in [1.165, 1.54) is 30.0 Å². The Kier molecular flexibility index (Phi) is 4.13. The third-order valence-electron chi connectivity index (χ3n) is 5.22. The normalized spacial score (nSPS) is 25.7. The molecule has 0 bridgehead atoms. The molecule has 1 atom stereocenters. The maximum atomic E-state index is 11.9. The van der Waals surface area contributed by atoms with Crippen LogP contribution >= 0.6 is 11.8 Å². The van der Waals surface area contributed by atoms with Crippen LogP contribution in [0, 0.1) is 5.92 Å². The molecular formula is C16H24N4OS. The predicted octanol–water partition coefficient (Wildman–Crippen LogP) is 1.62. The lowest BCUT2D eigenvalue weighted by Crippen LogP contribution is -2.41. The fraction of sp³-hybridized carbons (Fsp3) is 0.750. The predicted molar refractivity (Wildman–Crippen MR) is 87.6 cm³/mol. The van der Waals surface area contributed by atoms with Gasteiger partial charge in [-0.1, -0.05) is 6.42 Å². The van der Waals surface area contributed by atoms with Gasteiger partial charge in [-0.2, -0.15) is 16.9 Å². The van der Waals surface area contributed by atoms with E-state index in [0.29, 0.717) is 6.54 Å². The Morgan fingerprint density at radius 2 is 2.27 bits per heavy atom. The first kappa shape index (κ1) is 14.6. The second kappa shape index (κ2) is 6.24. The van der Waals surface area contributed by atoms with E-state index in [1.54, 1.807) is 0 Å². The molecule has 1 aliphatic carbocycles. The number of carbonyl (C=O) groups excluding carboxylic acids is 1. The van der Waals surface area contributed by atoms with E-state index in [-0.39, 0.29) is 11.8 Å². The molecule has 0 unspecified atom stereocenters. The average molecular weight is 320 g/mol. The summed E-state index contributed by atoms with van der Waals surface area (Å²) in [6.07, 6.45) is 4.63. The van der Waals surface area contributed by atoms with E-state index < -0.39 is 0 Å². The monoisotopic (exact) mass is 320 g/mol. The molecule has 120 valence electrons. The Morgan fingerprint density at radius 1 is 1.36 bits per heavy atom. The summed E-state index contributed by atoms with van der Waals surface area (Å²) in [7, 11) is 0. The minimum Gasteiger partial charge on any atom is -0.350 e. The Labute approximate surface area is 135 Å². The van der Waals surface area contributed by atoms with E-state index in [2.05, 4.69) is 37.8 Å². The van der Waals surface area contributed by atoms with Crippen molar-refractivity contribution < 1.29 is 4.79 Å². The van der Waals surface area contributed by atoms with Gasteiger partial charge < -0.3 is 5.32 Å². The van der Waals surface area contributed by atoms with Gasteiger partial charge in [0, 0.05) is 30.8 Å². The van der Waals surface area contributed by atoms with Gasteiger partial charge in [-0.25, -0.2) is 0 Å². The second-order valence-electron chi connectivity index (χ2n) is 6.68. The summed E-state index contributed by atoms with van der Waals surface area (Å²) >= 11 is 2.07. The quantitative estimate of drug-likeness (QED) is 0.916. The summed E-state index contributed by atoms with van der Waals surface area (Å²) in [5, 5.41) is 7.70. The maximum Gasteiger partial charge on any atom is 0.223 e. The molecule has 4 rings (SSSR count). The van der Waals surface area contributed by atoms with Crippen LogP contribution < -0.4 is 5.32 Å². The number of rotatable bonds is 4. The van der Waals surface area contributed by atoms with Crippen molar-refractivity contribution in [3.05, 3.63) is 17.5 Å². The molecule has 0 radical (unpaired) electrons. The number of nitrogens with one attached hydrogen (secondary N) is 1. The van der Waals surface area contributed by atoms with Crippen molar-refractivity contribution in [2.75, 3.05) is 18.1 Å². The lowest BCUT2D eigenvalue weighted by molar-refractivity contribution is -0.127. The molecular weight excluding hydrogens is 296 g/mol. The number of fused-ring (bicyclic) bond motifs is 1. The van der Waals surface area contributed by atoms with Gasteiger partial charge in [0.2, 0.25) is 5.91 Å². The highest BCUT2D eigenvalue weighted by molar-refractivity contribution is 7.99. The third-order valence-corrected chi connectivity index (χ3v) is 6.36. The van der Waals surface area contributed by atoms with Crippen molar-refractivity contribution >= 4 is 17.7 Å². The van der Waals surface area contributed by atoms with E-state index in [4.69, 9.17) is 0 Å². The molecule has 1 N–H and O–H groups in total. The fourth-order valence-corrected chi connectivity index (χ4v) is 4.80. The van der Waals surface area contributed by atoms with Crippen molar-refractivity contribution in [2.45, 2.75) is 51.4 Å². The molecule has 0 spiro atoms.